The van der Waals surface area contributed by atoms with E-state index in [1.807, 2.05) is 31.2 Å². The summed E-state index contributed by atoms with van der Waals surface area (Å²) in [6.45, 7) is 2.70. The largest absolute Gasteiger partial charge is 0.481 e. The molecule has 0 aliphatic heterocycles. The van der Waals surface area contributed by atoms with E-state index in [-0.39, 0.29) is 30.2 Å². The SMILES string of the molecule is CCC(CC(=O)O)NC(=O)C1CCC(CNC(=O)OCC2c3ccccc3-c3ccccc32)CC1. The summed E-state index contributed by atoms with van der Waals surface area (Å²) >= 11 is 0. The van der Waals surface area contributed by atoms with Gasteiger partial charge < -0.3 is 20.5 Å². The molecule has 186 valence electrons. The summed E-state index contributed by atoms with van der Waals surface area (Å²) in [5.74, 6) is -0.708. The van der Waals surface area contributed by atoms with Crippen molar-refractivity contribution in [1.82, 2.24) is 10.6 Å². The van der Waals surface area contributed by atoms with Crippen molar-refractivity contribution in [3.63, 3.8) is 0 Å². The highest BCUT2D eigenvalue weighted by atomic mass is 16.5. The van der Waals surface area contributed by atoms with Crippen LogP contribution in [0, 0.1) is 11.8 Å². The number of aliphatic carboxylic acids is 1. The number of rotatable bonds is 9. The number of alkyl carbamates (subject to hydrolysis) is 1. The van der Waals surface area contributed by atoms with E-state index < -0.39 is 12.1 Å². The minimum absolute atomic E-state index is 0.0372. The Morgan fingerprint density at radius 3 is 2.14 bits per heavy atom. The van der Waals surface area contributed by atoms with Crippen molar-refractivity contribution in [2.75, 3.05) is 13.2 Å². The Balaban J connectivity index is 1.20. The van der Waals surface area contributed by atoms with Crippen LogP contribution in [-0.4, -0.2) is 42.3 Å². The number of carbonyl (C=O) groups excluding carboxylic acids is 2. The van der Waals surface area contributed by atoms with Crippen LogP contribution >= 0.6 is 0 Å². The second-order valence-corrected chi connectivity index (χ2v) is 9.64. The third kappa shape index (κ3) is 6.02. The van der Waals surface area contributed by atoms with E-state index in [0.717, 1.165) is 25.7 Å². The predicted octanol–water partition coefficient (Wildman–Crippen LogP) is 4.70. The Bertz CT molecular complexity index is 1020. The van der Waals surface area contributed by atoms with Gasteiger partial charge in [0, 0.05) is 24.4 Å². The van der Waals surface area contributed by atoms with E-state index in [2.05, 4.69) is 34.9 Å². The summed E-state index contributed by atoms with van der Waals surface area (Å²) in [7, 11) is 0. The van der Waals surface area contributed by atoms with Crippen LogP contribution in [-0.2, 0) is 14.3 Å². The fourth-order valence-corrected chi connectivity index (χ4v) is 5.33. The molecule has 3 N–H and O–H groups in total. The fourth-order valence-electron chi connectivity index (χ4n) is 5.33. The molecule has 1 fully saturated rings. The van der Waals surface area contributed by atoms with Crippen LogP contribution in [0.5, 0.6) is 0 Å². The van der Waals surface area contributed by atoms with Gasteiger partial charge in [-0.2, -0.15) is 0 Å². The van der Waals surface area contributed by atoms with Crippen LogP contribution in [0.2, 0.25) is 0 Å². The molecule has 7 nitrogen and oxygen atoms in total. The number of amides is 2. The second-order valence-electron chi connectivity index (χ2n) is 9.64. The molecule has 0 bridgehead atoms. The third-order valence-corrected chi connectivity index (χ3v) is 7.36. The lowest BCUT2D eigenvalue weighted by molar-refractivity contribution is -0.138. The Morgan fingerprint density at radius 2 is 1.57 bits per heavy atom. The number of hydrogen-bond acceptors (Lipinski definition) is 4. The topological polar surface area (TPSA) is 105 Å². The number of fused-ring (bicyclic) bond motifs is 3. The summed E-state index contributed by atoms with van der Waals surface area (Å²) in [6, 6.07) is 16.2. The van der Waals surface area contributed by atoms with Crippen molar-refractivity contribution in [2.45, 2.75) is 57.4 Å². The minimum atomic E-state index is -0.903. The fraction of sp³-hybridized carbons (Fsp3) is 0.464. The first-order valence-electron chi connectivity index (χ1n) is 12.6. The highest BCUT2D eigenvalue weighted by Gasteiger charge is 2.30. The molecule has 7 heteroatoms. The molecule has 2 aromatic carbocycles. The molecule has 0 radical (unpaired) electrons. The molecule has 0 saturated heterocycles. The van der Waals surface area contributed by atoms with Crippen LogP contribution in [0.1, 0.15) is 62.5 Å². The van der Waals surface area contributed by atoms with Gasteiger partial charge in [0.15, 0.2) is 0 Å². The zero-order valence-electron chi connectivity index (χ0n) is 20.2. The van der Waals surface area contributed by atoms with E-state index in [0.29, 0.717) is 25.5 Å². The van der Waals surface area contributed by atoms with Crippen LogP contribution in [0.25, 0.3) is 11.1 Å². The Kier molecular flexibility index (Phi) is 8.06. The van der Waals surface area contributed by atoms with Gasteiger partial charge in [-0.15, -0.1) is 0 Å². The van der Waals surface area contributed by atoms with Gasteiger partial charge in [-0.3, -0.25) is 9.59 Å². The van der Waals surface area contributed by atoms with Crippen molar-refractivity contribution in [3.05, 3.63) is 59.7 Å². The number of benzene rings is 2. The lowest BCUT2D eigenvalue weighted by Crippen LogP contribution is -2.41. The van der Waals surface area contributed by atoms with E-state index in [1.54, 1.807) is 0 Å². The molecule has 1 unspecified atom stereocenters. The van der Waals surface area contributed by atoms with Gasteiger partial charge in [0.25, 0.3) is 0 Å². The molecular weight excluding hydrogens is 444 g/mol. The lowest BCUT2D eigenvalue weighted by atomic mass is 9.81. The summed E-state index contributed by atoms with van der Waals surface area (Å²) in [5, 5.41) is 14.8. The number of carboxylic acid groups (broad SMARTS) is 1. The summed E-state index contributed by atoms with van der Waals surface area (Å²) in [4.78, 5) is 35.9. The van der Waals surface area contributed by atoms with Gasteiger partial charge in [0.2, 0.25) is 5.91 Å². The standard InChI is InChI=1S/C28H34N2O5/c1-2-20(15-26(31)32)30-27(33)19-13-11-18(12-14-19)16-29-28(34)35-17-25-23-9-5-3-7-21(23)22-8-4-6-10-24(22)25/h3-10,18-20,25H,2,11-17H2,1H3,(H,29,34)(H,30,33)(H,31,32). The van der Waals surface area contributed by atoms with Crippen molar-refractivity contribution >= 4 is 18.0 Å². The average Bonchev–Trinajstić information content (AvgIpc) is 3.19. The molecule has 2 amide bonds. The smallest absolute Gasteiger partial charge is 0.407 e. The zero-order valence-corrected chi connectivity index (χ0v) is 20.2. The molecule has 1 saturated carbocycles. The number of hydrogen-bond donors (Lipinski definition) is 3. The molecule has 2 aliphatic rings. The van der Waals surface area contributed by atoms with E-state index >= 15 is 0 Å². The third-order valence-electron chi connectivity index (χ3n) is 7.36. The first-order chi connectivity index (χ1) is 17.0. The number of nitrogens with one attached hydrogen (secondary N) is 2. The maximum Gasteiger partial charge on any atom is 0.407 e. The quantitative estimate of drug-likeness (QED) is 0.485. The van der Waals surface area contributed by atoms with Gasteiger partial charge in [0.1, 0.15) is 6.61 Å². The van der Waals surface area contributed by atoms with Crippen LogP contribution in [0.15, 0.2) is 48.5 Å². The van der Waals surface area contributed by atoms with E-state index in [9.17, 15) is 14.4 Å². The summed E-state index contributed by atoms with van der Waals surface area (Å²) in [5.41, 5.74) is 4.77. The van der Waals surface area contributed by atoms with E-state index in [1.165, 1.54) is 22.3 Å². The summed E-state index contributed by atoms with van der Waals surface area (Å²) < 4.78 is 5.62. The average molecular weight is 479 g/mol. The predicted molar refractivity (Wildman–Crippen MR) is 133 cm³/mol. The van der Waals surface area contributed by atoms with Gasteiger partial charge in [-0.1, -0.05) is 55.5 Å². The minimum Gasteiger partial charge on any atom is -0.481 e. The summed E-state index contributed by atoms with van der Waals surface area (Å²) in [6.07, 6.45) is 3.30. The molecule has 2 aliphatic carbocycles. The van der Waals surface area contributed by atoms with Crippen LogP contribution in [0.3, 0.4) is 0 Å². The van der Waals surface area contributed by atoms with Gasteiger partial charge in [-0.05, 0) is 60.3 Å². The maximum absolute atomic E-state index is 12.5. The van der Waals surface area contributed by atoms with Crippen LogP contribution in [0.4, 0.5) is 4.79 Å². The first-order valence-corrected chi connectivity index (χ1v) is 12.6. The second kappa shape index (κ2) is 11.4. The maximum atomic E-state index is 12.5. The van der Waals surface area contributed by atoms with Crippen molar-refractivity contribution in [2.24, 2.45) is 11.8 Å². The first kappa shape index (κ1) is 24.8. The molecule has 35 heavy (non-hydrogen) atoms. The zero-order chi connectivity index (χ0) is 24.8. The Labute approximate surface area is 206 Å². The monoisotopic (exact) mass is 478 g/mol. The van der Waals surface area contributed by atoms with Crippen molar-refractivity contribution in [1.29, 1.82) is 0 Å². The van der Waals surface area contributed by atoms with E-state index in [4.69, 9.17) is 9.84 Å². The Hall–Kier alpha value is -3.35. The number of carbonyl (C=O) groups is 3. The molecule has 2 aromatic rings. The van der Waals surface area contributed by atoms with Gasteiger partial charge in [0.05, 0.1) is 6.42 Å². The number of carboxylic acids is 1. The number of ether oxygens (including phenoxy) is 1. The Morgan fingerprint density at radius 1 is 0.971 bits per heavy atom. The highest BCUT2D eigenvalue weighted by molar-refractivity contribution is 5.80. The lowest BCUT2D eigenvalue weighted by Gasteiger charge is -2.29. The molecule has 0 aromatic heterocycles. The van der Waals surface area contributed by atoms with Crippen molar-refractivity contribution in [3.8, 4) is 11.1 Å². The van der Waals surface area contributed by atoms with Gasteiger partial charge >= 0.3 is 12.1 Å². The normalized spacial score (nSPS) is 19.8. The molecule has 4 rings (SSSR count). The van der Waals surface area contributed by atoms with Crippen LogP contribution < -0.4 is 10.6 Å². The highest BCUT2D eigenvalue weighted by Crippen LogP contribution is 2.44. The molecular formula is C28H34N2O5. The van der Waals surface area contributed by atoms with Crippen molar-refractivity contribution < 1.29 is 24.2 Å². The molecule has 0 spiro atoms. The molecule has 1 atom stereocenters. The molecule has 0 heterocycles. The van der Waals surface area contributed by atoms with Gasteiger partial charge in [-0.25, -0.2) is 4.79 Å².